The molecule has 1 unspecified atom stereocenters. The molecule has 19 heavy (non-hydrogen) atoms. The van der Waals surface area contributed by atoms with Crippen LogP contribution in [0.25, 0.3) is 0 Å². The van der Waals surface area contributed by atoms with E-state index < -0.39 is 0 Å². The first-order valence-electron chi connectivity index (χ1n) is 7.49. The van der Waals surface area contributed by atoms with Gasteiger partial charge >= 0.3 is 11.9 Å². The first-order chi connectivity index (χ1) is 9.13. The summed E-state index contributed by atoms with van der Waals surface area (Å²) >= 11 is 0. The third-order valence-corrected chi connectivity index (χ3v) is 2.87. The lowest BCUT2D eigenvalue weighted by molar-refractivity contribution is -0.152. The highest BCUT2D eigenvalue weighted by Crippen LogP contribution is 2.12. The number of carbonyl (C=O) groups is 2. The minimum absolute atomic E-state index is 0.143. The molecule has 0 N–H and O–H groups in total. The van der Waals surface area contributed by atoms with Gasteiger partial charge in [-0.05, 0) is 26.2 Å². The third kappa shape index (κ3) is 10.5. The van der Waals surface area contributed by atoms with E-state index in [1.54, 1.807) is 6.92 Å². The summed E-state index contributed by atoms with van der Waals surface area (Å²) in [6.07, 6.45) is 5.98. The minimum Gasteiger partial charge on any atom is -0.466 e. The maximum Gasteiger partial charge on any atom is 0.306 e. The SMILES string of the molecule is CCCCCC(=O)OC(CCC)CCC(=O)OCC. The highest BCUT2D eigenvalue weighted by atomic mass is 16.5. The van der Waals surface area contributed by atoms with Gasteiger partial charge in [-0.3, -0.25) is 9.59 Å². The Balaban J connectivity index is 3.96. The van der Waals surface area contributed by atoms with Crippen LogP contribution in [0.2, 0.25) is 0 Å². The van der Waals surface area contributed by atoms with Gasteiger partial charge in [0.05, 0.1) is 6.61 Å². The van der Waals surface area contributed by atoms with E-state index in [0.717, 1.165) is 32.1 Å². The normalized spacial score (nSPS) is 11.9. The zero-order valence-corrected chi connectivity index (χ0v) is 12.6. The Labute approximate surface area is 116 Å². The number of hydrogen-bond acceptors (Lipinski definition) is 4. The van der Waals surface area contributed by atoms with Crippen molar-refractivity contribution in [2.75, 3.05) is 6.61 Å². The summed E-state index contributed by atoms with van der Waals surface area (Å²) in [6.45, 7) is 6.33. The van der Waals surface area contributed by atoms with Crippen LogP contribution in [0, 0.1) is 0 Å². The molecule has 0 aliphatic rings. The van der Waals surface area contributed by atoms with Crippen molar-refractivity contribution in [3.8, 4) is 0 Å². The summed E-state index contributed by atoms with van der Waals surface area (Å²) in [5, 5.41) is 0. The van der Waals surface area contributed by atoms with Crippen LogP contribution in [0.3, 0.4) is 0 Å². The quantitative estimate of drug-likeness (QED) is 0.426. The Morgan fingerprint density at radius 1 is 0.895 bits per heavy atom. The van der Waals surface area contributed by atoms with Gasteiger partial charge in [0.2, 0.25) is 0 Å². The molecule has 0 bridgehead atoms. The van der Waals surface area contributed by atoms with Gasteiger partial charge in [0.15, 0.2) is 0 Å². The fourth-order valence-corrected chi connectivity index (χ4v) is 1.86. The molecule has 1 atom stereocenters. The van der Waals surface area contributed by atoms with Crippen LogP contribution in [0.15, 0.2) is 0 Å². The average Bonchev–Trinajstić information content (AvgIpc) is 2.37. The molecule has 112 valence electrons. The lowest BCUT2D eigenvalue weighted by Gasteiger charge is -2.17. The molecule has 0 fully saturated rings. The van der Waals surface area contributed by atoms with Gasteiger partial charge in [0, 0.05) is 12.8 Å². The van der Waals surface area contributed by atoms with Crippen molar-refractivity contribution in [2.24, 2.45) is 0 Å². The molecule has 0 spiro atoms. The lowest BCUT2D eigenvalue weighted by Crippen LogP contribution is -2.20. The number of hydrogen-bond donors (Lipinski definition) is 0. The van der Waals surface area contributed by atoms with Crippen molar-refractivity contribution < 1.29 is 19.1 Å². The molecule has 0 heterocycles. The van der Waals surface area contributed by atoms with Gasteiger partial charge in [-0.15, -0.1) is 0 Å². The molecule has 0 amide bonds. The fraction of sp³-hybridized carbons (Fsp3) is 0.867. The molecule has 4 nitrogen and oxygen atoms in total. The van der Waals surface area contributed by atoms with Gasteiger partial charge in [-0.2, -0.15) is 0 Å². The molecule has 0 aliphatic heterocycles. The van der Waals surface area contributed by atoms with Crippen LogP contribution in [0.5, 0.6) is 0 Å². The topological polar surface area (TPSA) is 52.6 Å². The summed E-state index contributed by atoms with van der Waals surface area (Å²) in [6, 6.07) is 0. The Bertz CT molecular complexity index is 251. The predicted octanol–water partition coefficient (Wildman–Crippen LogP) is 3.62. The number of esters is 2. The fourth-order valence-electron chi connectivity index (χ4n) is 1.86. The van der Waals surface area contributed by atoms with Crippen molar-refractivity contribution in [3.63, 3.8) is 0 Å². The van der Waals surface area contributed by atoms with E-state index >= 15 is 0 Å². The van der Waals surface area contributed by atoms with Gasteiger partial charge in [-0.25, -0.2) is 0 Å². The molecular formula is C15H28O4. The second-order valence-corrected chi connectivity index (χ2v) is 4.70. The Hall–Kier alpha value is -1.06. The van der Waals surface area contributed by atoms with E-state index in [1.165, 1.54) is 0 Å². The summed E-state index contributed by atoms with van der Waals surface area (Å²) in [5.74, 6) is -0.360. The van der Waals surface area contributed by atoms with Crippen molar-refractivity contribution in [2.45, 2.75) is 78.2 Å². The maximum atomic E-state index is 11.6. The zero-order valence-electron chi connectivity index (χ0n) is 12.6. The lowest BCUT2D eigenvalue weighted by atomic mass is 10.1. The van der Waals surface area contributed by atoms with Crippen LogP contribution in [-0.2, 0) is 19.1 Å². The van der Waals surface area contributed by atoms with Gasteiger partial charge in [0.1, 0.15) is 6.10 Å². The van der Waals surface area contributed by atoms with Gasteiger partial charge < -0.3 is 9.47 Å². The predicted molar refractivity (Wildman–Crippen MR) is 74.8 cm³/mol. The summed E-state index contributed by atoms with van der Waals surface area (Å²) in [7, 11) is 0. The summed E-state index contributed by atoms with van der Waals surface area (Å²) in [4.78, 5) is 22.9. The third-order valence-electron chi connectivity index (χ3n) is 2.87. The first kappa shape index (κ1) is 17.9. The molecule has 0 aromatic heterocycles. The largest absolute Gasteiger partial charge is 0.466 e. The average molecular weight is 272 g/mol. The standard InChI is InChI=1S/C15H28O4/c1-4-7-8-10-15(17)19-13(9-5-2)11-12-14(16)18-6-3/h13H,4-12H2,1-3H3. The number of carbonyl (C=O) groups excluding carboxylic acids is 2. The second-order valence-electron chi connectivity index (χ2n) is 4.70. The molecule has 0 saturated carbocycles. The highest BCUT2D eigenvalue weighted by Gasteiger charge is 2.15. The number of ether oxygens (including phenoxy) is 2. The zero-order chi connectivity index (χ0) is 14.5. The Morgan fingerprint density at radius 2 is 1.63 bits per heavy atom. The van der Waals surface area contributed by atoms with E-state index in [9.17, 15) is 9.59 Å². The van der Waals surface area contributed by atoms with Gasteiger partial charge in [0.25, 0.3) is 0 Å². The van der Waals surface area contributed by atoms with Crippen LogP contribution in [0.4, 0.5) is 0 Å². The van der Waals surface area contributed by atoms with Crippen molar-refractivity contribution in [3.05, 3.63) is 0 Å². The Morgan fingerprint density at radius 3 is 2.21 bits per heavy atom. The van der Waals surface area contributed by atoms with E-state index in [4.69, 9.17) is 9.47 Å². The molecule has 4 heteroatoms. The Kier molecular flexibility index (Phi) is 11.3. The molecule has 0 aliphatic carbocycles. The van der Waals surface area contributed by atoms with Crippen LogP contribution >= 0.6 is 0 Å². The molecular weight excluding hydrogens is 244 g/mol. The van der Waals surface area contributed by atoms with E-state index in [-0.39, 0.29) is 18.0 Å². The van der Waals surface area contributed by atoms with Crippen molar-refractivity contribution in [1.29, 1.82) is 0 Å². The van der Waals surface area contributed by atoms with E-state index in [0.29, 0.717) is 25.9 Å². The van der Waals surface area contributed by atoms with Gasteiger partial charge in [-0.1, -0.05) is 33.1 Å². The maximum absolute atomic E-state index is 11.6. The van der Waals surface area contributed by atoms with Crippen molar-refractivity contribution >= 4 is 11.9 Å². The molecule has 0 aromatic rings. The van der Waals surface area contributed by atoms with Crippen LogP contribution in [-0.4, -0.2) is 24.6 Å². The molecule has 0 rings (SSSR count). The first-order valence-corrected chi connectivity index (χ1v) is 7.49. The number of unbranched alkanes of at least 4 members (excludes halogenated alkanes) is 2. The van der Waals surface area contributed by atoms with Crippen LogP contribution < -0.4 is 0 Å². The molecule has 0 aromatic carbocycles. The van der Waals surface area contributed by atoms with E-state index in [1.807, 2.05) is 6.92 Å². The van der Waals surface area contributed by atoms with Crippen molar-refractivity contribution in [1.82, 2.24) is 0 Å². The monoisotopic (exact) mass is 272 g/mol. The number of rotatable bonds is 11. The second kappa shape index (κ2) is 12.0. The summed E-state index contributed by atoms with van der Waals surface area (Å²) in [5.41, 5.74) is 0. The molecule has 0 radical (unpaired) electrons. The van der Waals surface area contributed by atoms with Crippen LogP contribution in [0.1, 0.15) is 72.1 Å². The minimum atomic E-state index is -0.217. The molecule has 0 saturated heterocycles. The highest BCUT2D eigenvalue weighted by molar-refractivity contribution is 5.70. The summed E-state index contributed by atoms with van der Waals surface area (Å²) < 4.78 is 10.3. The smallest absolute Gasteiger partial charge is 0.306 e. The van der Waals surface area contributed by atoms with E-state index in [2.05, 4.69) is 6.92 Å².